The second kappa shape index (κ2) is 9.02. The van der Waals surface area contributed by atoms with Gasteiger partial charge in [0.15, 0.2) is 11.5 Å². The first-order chi connectivity index (χ1) is 12.3. The summed E-state index contributed by atoms with van der Waals surface area (Å²) in [6.45, 7) is 1.85. The van der Waals surface area contributed by atoms with Crippen LogP contribution in [-0.2, 0) is 6.54 Å². The zero-order valence-electron chi connectivity index (χ0n) is 15.0. The first-order valence-corrected chi connectivity index (χ1v) is 9.67. The molecule has 0 radical (unpaired) electrons. The molecule has 0 unspecified atom stereocenters. The van der Waals surface area contributed by atoms with Crippen LogP contribution in [-0.4, -0.2) is 25.7 Å². The zero-order valence-corrected chi connectivity index (χ0v) is 15.8. The molecule has 1 aromatic heterocycles. The first-order valence-electron chi connectivity index (χ1n) is 8.86. The minimum atomic E-state index is 0.744. The molecular formula is C20H26N2O2S. The number of thiazole rings is 1. The summed E-state index contributed by atoms with van der Waals surface area (Å²) in [6.07, 6.45) is 10.8. The Morgan fingerprint density at radius 2 is 2.04 bits per heavy atom. The summed E-state index contributed by atoms with van der Waals surface area (Å²) >= 11 is 1.72. The van der Waals surface area contributed by atoms with Crippen LogP contribution in [0.4, 0.5) is 0 Å². The fourth-order valence-corrected chi connectivity index (χ4v) is 3.97. The predicted octanol–water partition coefficient (Wildman–Crippen LogP) is 4.81. The van der Waals surface area contributed by atoms with E-state index < -0.39 is 0 Å². The standard InChI is InChI=1S/C20H26N2O2S/c1-23-17-9-8-16(12-18(17)24-2)19-13-22-20(25-19)14-21-11-10-15-6-4-3-5-7-15/h6,8-9,12-13,21H,3-5,7,10-11,14H2,1-2H3. The Hall–Kier alpha value is -1.85. The van der Waals surface area contributed by atoms with Gasteiger partial charge in [0.25, 0.3) is 0 Å². The molecule has 0 atom stereocenters. The summed E-state index contributed by atoms with van der Waals surface area (Å²) in [5, 5.41) is 4.63. The Morgan fingerprint density at radius 3 is 2.80 bits per heavy atom. The van der Waals surface area contributed by atoms with Crippen molar-refractivity contribution in [3.63, 3.8) is 0 Å². The van der Waals surface area contributed by atoms with E-state index in [9.17, 15) is 0 Å². The van der Waals surface area contributed by atoms with Crippen LogP contribution in [0.3, 0.4) is 0 Å². The van der Waals surface area contributed by atoms with Crippen molar-refractivity contribution in [2.75, 3.05) is 20.8 Å². The van der Waals surface area contributed by atoms with Gasteiger partial charge >= 0.3 is 0 Å². The van der Waals surface area contributed by atoms with Crippen LogP contribution in [0.1, 0.15) is 37.1 Å². The predicted molar refractivity (Wildman–Crippen MR) is 104 cm³/mol. The van der Waals surface area contributed by atoms with Crippen LogP contribution in [0.15, 0.2) is 36.0 Å². The van der Waals surface area contributed by atoms with Crippen molar-refractivity contribution in [3.8, 4) is 21.9 Å². The summed E-state index contributed by atoms with van der Waals surface area (Å²) in [5.41, 5.74) is 2.72. The molecule has 5 heteroatoms. The van der Waals surface area contributed by atoms with Gasteiger partial charge in [0.2, 0.25) is 0 Å². The van der Waals surface area contributed by atoms with Crippen molar-refractivity contribution < 1.29 is 9.47 Å². The number of aromatic nitrogens is 1. The van der Waals surface area contributed by atoms with Crippen molar-refractivity contribution in [1.82, 2.24) is 10.3 Å². The van der Waals surface area contributed by atoms with Gasteiger partial charge in [-0.3, -0.25) is 0 Å². The molecule has 0 fully saturated rings. The van der Waals surface area contributed by atoms with Crippen LogP contribution in [0.2, 0.25) is 0 Å². The van der Waals surface area contributed by atoms with E-state index in [0.29, 0.717) is 0 Å². The molecule has 0 amide bonds. The van der Waals surface area contributed by atoms with E-state index in [1.807, 2.05) is 24.4 Å². The molecule has 0 spiro atoms. The normalized spacial score (nSPS) is 14.2. The van der Waals surface area contributed by atoms with E-state index in [0.717, 1.165) is 46.5 Å². The SMILES string of the molecule is COc1ccc(-c2cnc(CNCCC3=CCCCC3)s2)cc1OC. The minimum Gasteiger partial charge on any atom is -0.493 e. The van der Waals surface area contributed by atoms with E-state index in [1.54, 1.807) is 31.1 Å². The highest BCUT2D eigenvalue weighted by Crippen LogP contribution is 2.34. The average molecular weight is 359 g/mol. The number of hydrogen-bond acceptors (Lipinski definition) is 5. The van der Waals surface area contributed by atoms with Gasteiger partial charge in [-0.15, -0.1) is 11.3 Å². The summed E-state index contributed by atoms with van der Waals surface area (Å²) < 4.78 is 10.7. The molecule has 3 rings (SSSR count). The number of benzene rings is 1. The van der Waals surface area contributed by atoms with Gasteiger partial charge in [0.1, 0.15) is 5.01 Å². The van der Waals surface area contributed by atoms with Crippen LogP contribution in [0.25, 0.3) is 10.4 Å². The number of hydrogen-bond donors (Lipinski definition) is 1. The molecule has 25 heavy (non-hydrogen) atoms. The lowest BCUT2D eigenvalue weighted by atomic mass is 9.97. The molecule has 0 aliphatic heterocycles. The summed E-state index contributed by atoms with van der Waals surface area (Å²) in [6, 6.07) is 5.98. The molecule has 134 valence electrons. The van der Waals surface area contributed by atoms with E-state index in [-0.39, 0.29) is 0 Å². The second-order valence-electron chi connectivity index (χ2n) is 6.22. The van der Waals surface area contributed by atoms with Crippen LogP contribution < -0.4 is 14.8 Å². The third-order valence-corrected chi connectivity index (χ3v) is 5.55. The van der Waals surface area contributed by atoms with Gasteiger partial charge in [-0.2, -0.15) is 0 Å². The topological polar surface area (TPSA) is 43.4 Å². The molecule has 4 nitrogen and oxygen atoms in total. The fourth-order valence-electron chi connectivity index (χ4n) is 3.09. The van der Waals surface area contributed by atoms with Crippen molar-refractivity contribution in [3.05, 3.63) is 41.1 Å². The van der Waals surface area contributed by atoms with E-state index in [4.69, 9.17) is 9.47 Å². The Kier molecular flexibility index (Phi) is 6.48. The molecule has 1 heterocycles. The van der Waals surface area contributed by atoms with Gasteiger partial charge in [-0.1, -0.05) is 11.6 Å². The highest BCUT2D eigenvalue weighted by molar-refractivity contribution is 7.15. The maximum Gasteiger partial charge on any atom is 0.161 e. The fraction of sp³-hybridized carbons (Fsp3) is 0.450. The molecule has 0 saturated heterocycles. The maximum atomic E-state index is 5.38. The smallest absolute Gasteiger partial charge is 0.161 e. The third-order valence-electron chi connectivity index (χ3n) is 4.51. The van der Waals surface area contributed by atoms with Crippen LogP contribution in [0.5, 0.6) is 11.5 Å². The zero-order chi connectivity index (χ0) is 17.5. The number of methoxy groups -OCH3 is 2. The Morgan fingerprint density at radius 1 is 1.16 bits per heavy atom. The number of ether oxygens (including phenoxy) is 2. The lowest BCUT2D eigenvalue weighted by molar-refractivity contribution is 0.355. The second-order valence-corrected chi connectivity index (χ2v) is 7.34. The van der Waals surface area contributed by atoms with E-state index >= 15 is 0 Å². The van der Waals surface area contributed by atoms with Gasteiger partial charge in [-0.25, -0.2) is 4.98 Å². The Labute approximate surface area is 153 Å². The van der Waals surface area contributed by atoms with Gasteiger partial charge in [0.05, 0.1) is 19.1 Å². The largest absolute Gasteiger partial charge is 0.493 e. The number of nitrogens with one attached hydrogen (secondary N) is 1. The molecule has 1 aliphatic rings. The molecule has 1 aromatic carbocycles. The molecule has 0 saturated carbocycles. The number of allylic oxidation sites excluding steroid dienone is 1. The van der Waals surface area contributed by atoms with Crippen LogP contribution >= 0.6 is 11.3 Å². The van der Waals surface area contributed by atoms with Crippen molar-refractivity contribution in [2.24, 2.45) is 0 Å². The lowest BCUT2D eigenvalue weighted by Crippen LogP contribution is -2.15. The molecule has 1 N–H and O–H groups in total. The number of rotatable bonds is 8. The van der Waals surface area contributed by atoms with E-state index in [1.165, 1.54) is 25.7 Å². The molecular weight excluding hydrogens is 332 g/mol. The molecule has 0 bridgehead atoms. The Bertz CT molecular complexity index is 724. The van der Waals surface area contributed by atoms with Crippen molar-refractivity contribution >= 4 is 11.3 Å². The Balaban J connectivity index is 1.54. The van der Waals surface area contributed by atoms with E-state index in [2.05, 4.69) is 16.4 Å². The van der Waals surface area contributed by atoms with Crippen LogP contribution in [0, 0.1) is 0 Å². The lowest BCUT2D eigenvalue weighted by Gasteiger charge is -2.12. The van der Waals surface area contributed by atoms with Gasteiger partial charge in [-0.05, 0) is 62.4 Å². The summed E-state index contributed by atoms with van der Waals surface area (Å²) in [4.78, 5) is 5.69. The molecule has 1 aliphatic carbocycles. The third kappa shape index (κ3) is 4.83. The average Bonchev–Trinajstić information content (AvgIpc) is 3.14. The van der Waals surface area contributed by atoms with Gasteiger partial charge < -0.3 is 14.8 Å². The first kappa shape index (κ1) is 18.0. The monoisotopic (exact) mass is 358 g/mol. The number of nitrogens with zero attached hydrogens (tertiary/aromatic N) is 1. The molecule has 2 aromatic rings. The highest BCUT2D eigenvalue weighted by Gasteiger charge is 2.09. The maximum absolute atomic E-state index is 5.38. The minimum absolute atomic E-state index is 0.744. The summed E-state index contributed by atoms with van der Waals surface area (Å²) in [5.74, 6) is 1.49. The van der Waals surface area contributed by atoms with Gasteiger partial charge in [0, 0.05) is 12.7 Å². The summed E-state index contributed by atoms with van der Waals surface area (Å²) in [7, 11) is 3.31. The van der Waals surface area contributed by atoms with Crippen molar-refractivity contribution in [2.45, 2.75) is 38.6 Å². The quantitative estimate of drug-likeness (QED) is 0.543. The van der Waals surface area contributed by atoms with Crippen molar-refractivity contribution in [1.29, 1.82) is 0 Å². The highest BCUT2D eigenvalue weighted by atomic mass is 32.1.